The normalized spacial score (nSPS) is 20.6. The minimum atomic E-state index is -4.39. The Kier molecular flexibility index (Phi) is 7.27. The zero-order valence-electron chi connectivity index (χ0n) is 17.8. The van der Waals surface area contributed by atoms with Crippen LogP contribution in [0.1, 0.15) is 68.8 Å². The topological polar surface area (TPSA) is 71.8 Å². The fourth-order valence-corrected chi connectivity index (χ4v) is 5.54. The molecule has 1 amide bonds. The molecule has 2 N–H and O–H groups in total. The van der Waals surface area contributed by atoms with Crippen LogP contribution in [-0.4, -0.2) is 32.5 Å². The van der Waals surface area contributed by atoms with Crippen LogP contribution in [0.25, 0.3) is 0 Å². The zero-order chi connectivity index (χ0) is 22.6. The van der Waals surface area contributed by atoms with Crippen molar-refractivity contribution in [2.45, 2.75) is 80.5 Å². The van der Waals surface area contributed by atoms with Gasteiger partial charge >= 0.3 is 6.18 Å². The van der Waals surface area contributed by atoms with Crippen LogP contribution in [0.3, 0.4) is 0 Å². The standard InChI is InChI=1S/C22H28F3N5OS/c23-22(24,25)15-7-6-8-16(13-15)27-14-19-28-29-21(30(19)17-9-2-1-3-10-17)32-18-11-4-5-12-26-20(18)31/h6-8,13,17-18,27H,1-5,9-12,14H2,(H,26,31). The average Bonchev–Trinajstić information content (AvgIpc) is 3.07. The van der Waals surface area contributed by atoms with Gasteiger partial charge in [-0.1, -0.05) is 43.5 Å². The molecule has 2 fully saturated rings. The highest BCUT2D eigenvalue weighted by molar-refractivity contribution is 8.00. The van der Waals surface area contributed by atoms with E-state index in [1.165, 1.54) is 24.2 Å². The summed E-state index contributed by atoms with van der Waals surface area (Å²) in [7, 11) is 0. The van der Waals surface area contributed by atoms with Gasteiger partial charge in [0.15, 0.2) is 11.0 Å². The second kappa shape index (κ2) is 10.1. The number of halogens is 3. The van der Waals surface area contributed by atoms with E-state index in [-0.39, 0.29) is 23.7 Å². The number of hydrogen-bond acceptors (Lipinski definition) is 5. The summed E-state index contributed by atoms with van der Waals surface area (Å²) >= 11 is 1.46. The fourth-order valence-electron chi connectivity index (χ4n) is 4.35. The van der Waals surface area contributed by atoms with Crippen molar-refractivity contribution in [1.29, 1.82) is 0 Å². The number of rotatable bonds is 6. The van der Waals surface area contributed by atoms with Gasteiger partial charge in [0.2, 0.25) is 5.91 Å². The van der Waals surface area contributed by atoms with E-state index in [1.54, 1.807) is 6.07 Å². The third kappa shape index (κ3) is 5.57. The second-order valence-corrected chi connectivity index (χ2v) is 9.56. The SMILES string of the molecule is O=C1NCCCCC1Sc1nnc(CNc2cccc(C(F)(F)F)c2)n1C1CCCCC1. The van der Waals surface area contributed by atoms with Crippen LogP contribution in [0.5, 0.6) is 0 Å². The number of carbonyl (C=O) groups excluding carboxylic acids is 1. The average molecular weight is 468 g/mol. The summed E-state index contributed by atoms with van der Waals surface area (Å²) < 4.78 is 41.2. The highest BCUT2D eigenvalue weighted by atomic mass is 32.2. The molecule has 1 atom stereocenters. The number of benzene rings is 1. The van der Waals surface area contributed by atoms with Gasteiger partial charge in [-0.15, -0.1) is 10.2 Å². The Morgan fingerprint density at radius 3 is 2.66 bits per heavy atom. The summed E-state index contributed by atoms with van der Waals surface area (Å²) in [6.07, 6.45) is 3.84. The molecular weight excluding hydrogens is 439 g/mol. The van der Waals surface area contributed by atoms with E-state index >= 15 is 0 Å². The molecule has 1 aromatic heterocycles. The minimum absolute atomic E-state index is 0.0364. The first-order valence-electron chi connectivity index (χ1n) is 11.2. The van der Waals surface area contributed by atoms with Gasteiger partial charge in [-0.2, -0.15) is 13.2 Å². The molecular formula is C22H28F3N5OS. The van der Waals surface area contributed by atoms with Crippen molar-refractivity contribution in [3.05, 3.63) is 35.7 Å². The predicted octanol–water partition coefficient (Wildman–Crippen LogP) is 5.18. The molecule has 1 aliphatic carbocycles. The molecule has 174 valence electrons. The van der Waals surface area contributed by atoms with E-state index in [4.69, 9.17) is 0 Å². The maximum atomic E-state index is 13.0. The zero-order valence-corrected chi connectivity index (χ0v) is 18.6. The van der Waals surface area contributed by atoms with Crippen LogP contribution in [0, 0.1) is 0 Å². The Bertz CT molecular complexity index is 927. The van der Waals surface area contributed by atoms with Crippen LogP contribution < -0.4 is 10.6 Å². The van der Waals surface area contributed by atoms with Crippen LogP contribution in [0.4, 0.5) is 18.9 Å². The Morgan fingerprint density at radius 1 is 1.09 bits per heavy atom. The number of anilines is 1. The van der Waals surface area contributed by atoms with Gasteiger partial charge in [-0.05, 0) is 43.9 Å². The van der Waals surface area contributed by atoms with Gasteiger partial charge in [-0.3, -0.25) is 4.79 Å². The number of aromatic nitrogens is 3. The summed E-state index contributed by atoms with van der Waals surface area (Å²) in [6, 6.07) is 5.41. The van der Waals surface area contributed by atoms with Gasteiger partial charge in [0, 0.05) is 18.3 Å². The molecule has 2 aliphatic rings. The third-order valence-electron chi connectivity index (χ3n) is 6.05. The Hall–Kier alpha value is -2.23. The molecule has 1 aliphatic heterocycles. The lowest BCUT2D eigenvalue weighted by molar-refractivity contribution is -0.137. The second-order valence-electron chi connectivity index (χ2n) is 8.39. The first-order valence-corrected chi connectivity index (χ1v) is 12.1. The molecule has 1 saturated heterocycles. The number of nitrogens with zero attached hydrogens (tertiary/aromatic N) is 3. The van der Waals surface area contributed by atoms with Crippen LogP contribution in [-0.2, 0) is 17.5 Å². The fraction of sp³-hybridized carbons (Fsp3) is 0.591. The molecule has 0 bridgehead atoms. The van der Waals surface area contributed by atoms with Crippen molar-refractivity contribution in [1.82, 2.24) is 20.1 Å². The number of carbonyl (C=O) groups is 1. The van der Waals surface area contributed by atoms with Gasteiger partial charge in [0.25, 0.3) is 0 Å². The number of alkyl halides is 3. The molecule has 10 heteroatoms. The lowest BCUT2D eigenvalue weighted by Gasteiger charge is -2.26. The first-order chi connectivity index (χ1) is 15.4. The van der Waals surface area contributed by atoms with E-state index in [1.807, 2.05) is 0 Å². The Balaban J connectivity index is 1.54. The summed E-state index contributed by atoms with van der Waals surface area (Å²) in [4.78, 5) is 12.4. The minimum Gasteiger partial charge on any atom is -0.378 e. The molecule has 2 heterocycles. The summed E-state index contributed by atoms with van der Waals surface area (Å²) in [5.41, 5.74) is -0.303. The van der Waals surface area contributed by atoms with Crippen molar-refractivity contribution < 1.29 is 18.0 Å². The van der Waals surface area contributed by atoms with Crippen LogP contribution >= 0.6 is 11.8 Å². The van der Waals surface area contributed by atoms with E-state index in [2.05, 4.69) is 25.4 Å². The smallest absolute Gasteiger partial charge is 0.378 e. The van der Waals surface area contributed by atoms with Gasteiger partial charge in [0.1, 0.15) is 0 Å². The van der Waals surface area contributed by atoms with Crippen molar-refractivity contribution in [3.8, 4) is 0 Å². The van der Waals surface area contributed by atoms with Gasteiger partial charge < -0.3 is 15.2 Å². The van der Waals surface area contributed by atoms with Crippen LogP contribution in [0.15, 0.2) is 29.4 Å². The Labute approximate surface area is 189 Å². The molecule has 32 heavy (non-hydrogen) atoms. The van der Waals surface area contributed by atoms with Crippen LogP contribution in [0.2, 0.25) is 0 Å². The lowest BCUT2D eigenvalue weighted by atomic mass is 9.95. The predicted molar refractivity (Wildman–Crippen MR) is 117 cm³/mol. The molecule has 2 aromatic rings. The third-order valence-corrected chi connectivity index (χ3v) is 7.27. The summed E-state index contributed by atoms with van der Waals surface area (Å²) in [6.45, 7) is 0.972. The Morgan fingerprint density at radius 2 is 1.88 bits per heavy atom. The molecule has 6 nitrogen and oxygen atoms in total. The molecule has 1 saturated carbocycles. The first kappa shape index (κ1) is 22.9. The molecule has 1 unspecified atom stereocenters. The highest BCUT2D eigenvalue weighted by Gasteiger charge is 2.31. The van der Waals surface area contributed by atoms with E-state index in [0.29, 0.717) is 18.1 Å². The number of amides is 1. The maximum absolute atomic E-state index is 13.0. The molecule has 1 aromatic carbocycles. The lowest BCUT2D eigenvalue weighted by Crippen LogP contribution is -2.31. The van der Waals surface area contributed by atoms with Crippen molar-refractivity contribution in [3.63, 3.8) is 0 Å². The van der Waals surface area contributed by atoms with Crippen molar-refractivity contribution in [2.24, 2.45) is 0 Å². The number of nitrogens with one attached hydrogen (secondary N) is 2. The molecule has 0 radical (unpaired) electrons. The highest BCUT2D eigenvalue weighted by Crippen LogP contribution is 2.36. The van der Waals surface area contributed by atoms with Gasteiger partial charge in [0.05, 0.1) is 17.4 Å². The number of hydrogen-bond donors (Lipinski definition) is 2. The van der Waals surface area contributed by atoms with Gasteiger partial charge in [-0.25, -0.2) is 0 Å². The van der Waals surface area contributed by atoms with Crippen molar-refractivity contribution >= 4 is 23.4 Å². The number of thioether (sulfide) groups is 1. The van der Waals surface area contributed by atoms with E-state index in [0.717, 1.165) is 62.2 Å². The molecule has 0 spiro atoms. The quantitative estimate of drug-likeness (QED) is 0.613. The monoisotopic (exact) mass is 467 g/mol. The summed E-state index contributed by atoms with van der Waals surface area (Å²) in [5.74, 6) is 0.722. The largest absolute Gasteiger partial charge is 0.416 e. The van der Waals surface area contributed by atoms with E-state index in [9.17, 15) is 18.0 Å². The maximum Gasteiger partial charge on any atom is 0.416 e. The summed E-state index contributed by atoms with van der Waals surface area (Å²) in [5, 5.41) is 15.3. The van der Waals surface area contributed by atoms with Crippen molar-refractivity contribution in [2.75, 3.05) is 11.9 Å². The van der Waals surface area contributed by atoms with E-state index < -0.39 is 11.7 Å². The molecule has 4 rings (SSSR count).